The molecule has 0 saturated carbocycles. The molecule has 0 bridgehead atoms. The molecule has 0 aliphatic carbocycles. The van der Waals surface area contributed by atoms with Crippen molar-refractivity contribution in [3.63, 3.8) is 0 Å². The van der Waals surface area contributed by atoms with Crippen molar-refractivity contribution in [1.82, 2.24) is 29.5 Å². The van der Waals surface area contributed by atoms with Crippen LogP contribution in [0.25, 0.3) is 11.3 Å². The third-order valence-electron chi connectivity index (χ3n) is 6.98. The molecule has 0 spiro atoms. The Morgan fingerprint density at radius 3 is 2.39 bits per heavy atom. The Morgan fingerprint density at radius 1 is 1.06 bits per heavy atom. The van der Waals surface area contributed by atoms with Gasteiger partial charge in [0, 0.05) is 70.4 Å². The summed E-state index contributed by atoms with van der Waals surface area (Å²) in [6, 6.07) is 12.1. The number of carbonyl (C=O) groups is 2. The topological polar surface area (TPSA) is 90.7 Å². The molecule has 36 heavy (non-hydrogen) atoms. The molecular formula is C26H32N8O2. The van der Waals surface area contributed by atoms with Crippen LogP contribution < -0.4 is 9.80 Å². The van der Waals surface area contributed by atoms with Gasteiger partial charge in [-0.25, -0.2) is 4.98 Å². The molecule has 0 atom stereocenters. The molecule has 10 nitrogen and oxygen atoms in total. The van der Waals surface area contributed by atoms with E-state index in [9.17, 15) is 9.59 Å². The molecule has 2 aliphatic heterocycles. The average Bonchev–Trinajstić information content (AvgIpc) is 3.44. The molecular weight excluding hydrogens is 456 g/mol. The number of piperazine rings is 1. The van der Waals surface area contributed by atoms with Crippen LogP contribution in [0.1, 0.15) is 36.8 Å². The van der Waals surface area contributed by atoms with Crippen molar-refractivity contribution >= 4 is 29.4 Å². The van der Waals surface area contributed by atoms with Crippen LogP contribution in [0.3, 0.4) is 0 Å². The lowest BCUT2D eigenvalue weighted by Crippen LogP contribution is -2.48. The first kappa shape index (κ1) is 23.8. The summed E-state index contributed by atoms with van der Waals surface area (Å²) in [4.78, 5) is 42.5. The van der Waals surface area contributed by atoms with E-state index >= 15 is 0 Å². The SMILES string of the molecule is CC(=O)N1CCN(c2nc3c(c(N(C)c4cc(-c5ccccc5)nn4C)n2)CN(C(C)C)C3=O)CC1. The lowest BCUT2D eigenvalue weighted by Gasteiger charge is -2.34. The number of rotatable bonds is 5. The summed E-state index contributed by atoms with van der Waals surface area (Å²) < 4.78 is 1.83. The molecule has 0 radical (unpaired) electrons. The summed E-state index contributed by atoms with van der Waals surface area (Å²) in [6.45, 7) is 8.52. The fraction of sp³-hybridized carbons (Fsp3) is 0.423. The van der Waals surface area contributed by atoms with Gasteiger partial charge in [-0.3, -0.25) is 14.3 Å². The van der Waals surface area contributed by atoms with E-state index in [1.165, 1.54) is 0 Å². The van der Waals surface area contributed by atoms with Crippen LogP contribution >= 0.6 is 0 Å². The van der Waals surface area contributed by atoms with Gasteiger partial charge in [-0.05, 0) is 13.8 Å². The Morgan fingerprint density at radius 2 is 1.75 bits per heavy atom. The number of aromatic nitrogens is 4. The molecule has 188 valence electrons. The number of hydrogen-bond acceptors (Lipinski definition) is 7. The molecule has 1 saturated heterocycles. The fourth-order valence-corrected chi connectivity index (χ4v) is 4.85. The molecule has 4 heterocycles. The van der Waals surface area contributed by atoms with Gasteiger partial charge in [-0.15, -0.1) is 0 Å². The van der Waals surface area contributed by atoms with E-state index in [0.29, 0.717) is 50.2 Å². The lowest BCUT2D eigenvalue weighted by molar-refractivity contribution is -0.129. The van der Waals surface area contributed by atoms with Crippen molar-refractivity contribution in [1.29, 1.82) is 0 Å². The number of anilines is 3. The maximum absolute atomic E-state index is 13.3. The largest absolute Gasteiger partial charge is 0.339 e. The minimum absolute atomic E-state index is 0.0498. The summed E-state index contributed by atoms with van der Waals surface area (Å²) in [5.74, 6) is 2.07. The Kier molecular flexibility index (Phi) is 6.11. The van der Waals surface area contributed by atoms with Crippen LogP contribution in [0.15, 0.2) is 36.4 Å². The molecule has 2 amide bonds. The third-order valence-corrected chi connectivity index (χ3v) is 6.98. The van der Waals surface area contributed by atoms with Crippen LogP contribution in [0.5, 0.6) is 0 Å². The van der Waals surface area contributed by atoms with E-state index < -0.39 is 0 Å². The first-order valence-electron chi connectivity index (χ1n) is 12.3. The van der Waals surface area contributed by atoms with Gasteiger partial charge in [0.2, 0.25) is 11.9 Å². The number of nitrogens with zero attached hydrogens (tertiary/aromatic N) is 8. The standard InChI is InChI=1S/C26H32N8O2/c1-17(2)34-16-20-23(25(34)36)27-26(33-13-11-32(12-14-33)18(3)35)28-24(20)30(4)22-15-21(29-31(22)5)19-9-7-6-8-10-19/h6-10,15,17H,11-14,16H2,1-5H3. The van der Waals surface area contributed by atoms with Crippen LogP contribution in [0, 0.1) is 0 Å². The fourth-order valence-electron chi connectivity index (χ4n) is 4.85. The Hall–Kier alpha value is -3.95. The molecule has 10 heteroatoms. The van der Waals surface area contributed by atoms with E-state index in [0.717, 1.165) is 22.6 Å². The first-order chi connectivity index (χ1) is 17.2. The Labute approximate surface area is 211 Å². The van der Waals surface area contributed by atoms with E-state index in [2.05, 4.69) is 4.90 Å². The number of benzene rings is 1. The second-order valence-corrected chi connectivity index (χ2v) is 9.63. The molecule has 1 aromatic carbocycles. The predicted molar refractivity (Wildman–Crippen MR) is 138 cm³/mol. The quantitative estimate of drug-likeness (QED) is 0.545. The highest BCUT2D eigenvalue weighted by atomic mass is 16.2. The summed E-state index contributed by atoms with van der Waals surface area (Å²) in [6.07, 6.45) is 0. The number of carbonyl (C=O) groups excluding carboxylic acids is 2. The normalized spacial score (nSPS) is 15.6. The smallest absolute Gasteiger partial charge is 0.273 e. The van der Waals surface area contributed by atoms with Gasteiger partial charge in [0.25, 0.3) is 5.91 Å². The van der Waals surface area contributed by atoms with E-state index in [-0.39, 0.29) is 17.9 Å². The molecule has 3 aromatic rings. The highest BCUT2D eigenvalue weighted by molar-refractivity contribution is 5.98. The second kappa shape index (κ2) is 9.25. The molecule has 0 unspecified atom stereocenters. The first-order valence-corrected chi connectivity index (χ1v) is 12.3. The monoisotopic (exact) mass is 488 g/mol. The van der Waals surface area contributed by atoms with Crippen molar-refractivity contribution in [2.75, 3.05) is 43.0 Å². The molecule has 0 N–H and O–H groups in total. The van der Waals surface area contributed by atoms with E-state index in [1.807, 2.05) is 83.7 Å². The van der Waals surface area contributed by atoms with Crippen molar-refractivity contribution in [2.24, 2.45) is 7.05 Å². The van der Waals surface area contributed by atoms with Crippen LogP contribution in [-0.4, -0.2) is 80.6 Å². The van der Waals surface area contributed by atoms with Gasteiger partial charge in [-0.2, -0.15) is 10.1 Å². The maximum Gasteiger partial charge on any atom is 0.273 e. The van der Waals surface area contributed by atoms with Gasteiger partial charge >= 0.3 is 0 Å². The van der Waals surface area contributed by atoms with E-state index in [4.69, 9.17) is 15.1 Å². The van der Waals surface area contributed by atoms with Crippen LogP contribution in [0.4, 0.5) is 17.6 Å². The van der Waals surface area contributed by atoms with Crippen molar-refractivity contribution in [2.45, 2.75) is 33.4 Å². The van der Waals surface area contributed by atoms with Crippen LogP contribution in [-0.2, 0) is 18.4 Å². The van der Waals surface area contributed by atoms with Crippen molar-refractivity contribution in [3.8, 4) is 11.3 Å². The van der Waals surface area contributed by atoms with Gasteiger partial charge in [-0.1, -0.05) is 30.3 Å². The average molecular weight is 489 g/mol. The third kappa shape index (κ3) is 4.16. The summed E-state index contributed by atoms with van der Waals surface area (Å²) in [7, 11) is 3.86. The number of aryl methyl sites for hydroxylation is 1. The van der Waals surface area contributed by atoms with Gasteiger partial charge in [0.05, 0.1) is 12.2 Å². The van der Waals surface area contributed by atoms with Gasteiger partial charge in [0.15, 0.2) is 0 Å². The Bertz CT molecular complexity index is 1290. The number of fused-ring (bicyclic) bond motifs is 1. The lowest BCUT2D eigenvalue weighted by atomic mass is 10.1. The highest BCUT2D eigenvalue weighted by Crippen LogP contribution is 2.36. The molecule has 1 fully saturated rings. The Balaban J connectivity index is 1.55. The van der Waals surface area contributed by atoms with Gasteiger partial charge < -0.3 is 19.6 Å². The summed E-state index contributed by atoms with van der Waals surface area (Å²) >= 11 is 0. The van der Waals surface area contributed by atoms with E-state index in [1.54, 1.807) is 6.92 Å². The van der Waals surface area contributed by atoms with Crippen LogP contribution in [0.2, 0.25) is 0 Å². The number of hydrogen-bond donors (Lipinski definition) is 0. The van der Waals surface area contributed by atoms with Gasteiger partial charge in [0.1, 0.15) is 17.3 Å². The highest BCUT2D eigenvalue weighted by Gasteiger charge is 2.36. The second-order valence-electron chi connectivity index (χ2n) is 9.63. The number of amides is 2. The summed E-state index contributed by atoms with van der Waals surface area (Å²) in [5, 5.41) is 4.72. The zero-order valence-corrected chi connectivity index (χ0v) is 21.5. The molecule has 2 aromatic heterocycles. The summed E-state index contributed by atoms with van der Waals surface area (Å²) in [5.41, 5.74) is 3.18. The minimum Gasteiger partial charge on any atom is -0.339 e. The molecule has 2 aliphatic rings. The minimum atomic E-state index is -0.0735. The maximum atomic E-state index is 13.3. The van der Waals surface area contributed by atoms with Crippen molar-refractivity contribution < 1.29 is 9.59 Å². The zero-order valence-electron chi connectivity index (χ0n) is 21.5. The van der Waals surface area contributed by atoms with Crippen molar-refractivity contribution in [3.05, 3.63) is 47.7 Å². The zero-order chi connectivity index (χ0) is 25.6. The predicted octanol–water partition coefficient (Wildman–Crippen LogP) is 2.68. The molecule has 5 rings (SSSR count).